The minimum atomic E-state index is -0.508. The quantitative estimate of drug-likeness (QED) is 0.732. The number of hydrogen-bond donors (Lipinski definition) is 1. The van der Waals surface area contributed by atoms with Gasteiger partial charge < -0.3 is 0 Å². The van der Waals surface area contributed by atoms with Crippen LogP contribution in [0.1, 0.15) is 12.0 Å². The van der Waals surface area contributed by atoms with Gasteiger partial charge in [0.25, 0.3) is 5.56 Å². The summed E-state index contributed by atoms with van der Waals surface area (Å²) >= 11 is 0. The monoisotopic (exact) mass is 356 g/mol. The van der Waals surface area contributed by atoms with E-state index in [0.717, 1.165) is 11.3 Å². The summed E-state index contributed by atoms with van der Waals surface area (Å²) in [6.07, 6.45) is 4.53. The molecular formula is C22H16N2O3. The third-order valence-electron chi connectivity index (χ3n) is 4.42. The van der Waals surface area contributed by atoms with Crippen LogP contribution in [0.2, 0.25) is 0 Å². The molecule has 0 saturated heterocycles. The van der Waals surface area contributed by atoms with Crippen molar-refractivity contribution < 1.29 is 9.59 Å². The van der Waals surface area contributed by atoms with Crippen LogP contribution < -0.4 is 5.56 Å². The molecule has 0 fully saturated rings. The number of nitrogens with one attached hydrogen (secondary N) is 1. The van der Waals surface area contributed by atoms with Crippen molar-refractivity contribution in [3.8, 4) is 16.9 Å². The van der Waals surface area contributed by atoms with Gasteiger partial charge in [0, 0.05) is 12.0 Å². The highest BCUT2D eigenvalue weighted by Gasteiger charge is 2.20. The second-order valence-corrected chi connectivity index (χ2v) is 6.26. The fourth-order valence-corrected chi connectivity index (χ4v) is 3.06. The van der Waals surface area contributed by atoms with Gasteiger partial charge in [0.2, 0.25) is 11.6 Å². The molecule has 0 atom stereocenters. The molecule has 132 valence electrons. The Hall–Kier alpha value is -3.73. The number of hydrogen-bond acceptors (Lipinski definition) is 3. The Labute approximate surface area is 155 Å². The Kier molecular flexibility index (Phi) is 4.26. The lowest BCUT2D eigenvalue weighted by molar-refractivity contribution is -0.133. The van der Waals surface area contributed by atoms with E-state index in [1.54, 1.807) is 12.2 Å². The average molecular weight is 356 g/mol. The first-order chi connectivity index (χ1) is 13.1. The van der Waals surface area contributed by atoms with Gasteiger partial charge in [-0.25, -0.2) is 4.68 Å². The van der Waals surface area contributed by atoms with Gasteiger partial charge in [-0.05, 0) is 29.9 Å². The molecule has 1 aliphatic carbocycles. The molecule has 1 heterocycles. The highest BCUT2D eigenvalue weighted by molar-refractivity contribution is 6.43. The van der Waals surface area contributed by atoms with E-state index in [1.165, 1.54) is 10.8 Å². The molecule has 3 aromatic rings. The number of rotatable bonds is 3. The lowest BCUT2D eigenvalue weighted by atomic mass is 9.97. The van der Waals surface area contributed by atoms with Crippen LogP contribution in [0.4, 0.5) is 0 Å². The Morgan fingerprint density at radius 1 is 0.852 bits per heavy atom. The number of nitrogens with zero attached hydrogens (tertiary/aromatic N) is 1. The number of benzene rings is 2. The van der Waals surface area contributed by atoms with Crippen molar-refractivity contribution >= 4 is 17.6 Å². The van der Waals surface area contributed by atoms with Gasteiger partial charge >= 0.3 is 0 Å². The number of carbonyl (C=O) groups is 2. The molecule has 0 bridgehead atoms. The van der Waals surface area contributed by atoms with Crippen LogP contribution >= 0.6 is 0 Å². The van der Waals surface area contributed by atoms with Gasteiger partial charge in [0.1, 0.15) is 0 Å². The predicted octanol–water partition coefficient (Wildman–Crippen LogP) is 3.31. The van der Waals surface area contributed by atoms with Crippen LogP contribution in [0.3, 0.4) is 0 Å². The molecule has 0 spiro atoms. The third kappa shape index (κ3) is 3.22. The largest absolute Gasteiger partial charge is 0.290 e. The number of aromatic amines is 1. The standard InChI is InChI=1S/C22H16N2O3/c25-19-12-11-15(14-20(19)26)13-18-21(16-7-3-1-4-8-16)23-24(22(18)27)17-9-5-2-6-10-17/h1-13,23H,14H2/b15-13-. The van der Waals surface area contributed by atoms with E-state index in [2.05, 4.69) is 5.10 Å². The number of allylic oxidation sites excluding steroid dienone is 3. The molecule has 0 radical (unpaired) electrons. The van der Waals surface area contributed by atoms with Crippen molar-refractivity contribution in [3.63, 3.8) is 0 Å². The maximum atomic E-state index is 13.1. The Bertz CT molecular complexity index is 1130. The molecule has 0 unspecified atom stereocenters. The van der Waals surface area contributed by atoms with E-state index in [0.29, 0.717) is 16.8 Å². The highest BCUT2D eigenvalue weighted by Crippen LogP contribution is 2.24. The number of Topliss-reactive ketones (excluding diaryl/α,β-unsaturated/α-hetero) is 1. The van der Waals surface area contributed by atoms with Gasteiger partial charge in [-0.2, -0.15) is 0 Å². The van der Waals surface area contributed by atoms with Crippen LogP contribution in [-0.4, -0.2) is 21.3 Å². The number of aromatic nitrogens is 2. The predicted molar refractivity (Wildman–Crippen MR) is 104 cm³/mol. The van der Waals surface area contributed by atoms with Crippen molar-refractivity contribution in [2.75, 3.05) is 0 Å². The van der Waals surface area contributed by atoms with E-state index >= 15 is 0 Å². The zero-order chi connectivity index (χ0) is 18.8. The lowest BCUT2D eigenvalue weighted by Gasteiger charge is -2.05. The van der Waals surface area contributed by atoms with Crippen LogP contribution in [0.15, 0.2) is 83.2 Å². The van der Waals surface area contributed by atoms with Crippen LogP contribution in [0.5, 0.6) is 0 Å². The summed E-state index contributed by atoms with van der Waals surface area (Å²) in [5.74, 6) is -0.977. The second-order valence-electron chi connectivity index (χ2n) is 6.26. The minimum Gasteiger partial charge on any atom is -0.290 e. The molecule has 0 amide bonds. The fraction of sp³-hybridized carbons (Fsp3) is 0.0455. The summed E-state index contributed by atoms with van der Waals surface area (Å²) in [6.45, 7) is 0. The van der Waals surface area contributed by atoms with E-state index in [1.807, 2.05) is 60.7 Å². The van der Waals surface area contributed by atoms with Gasteiger partial charge in [-0.3, -0.25) is 19.5 Å². The zero-order valence-electron chi connectivity index (χ0n) is 14.4. The van der Waals surface area contributed by atoms with E-state index in [4.69, 9.17) is 0 Å². The minimum absolute atomic E-state index is 0.000476. The van der Waals surface area contributed by atoms with Crippen molar-refractivity contribution in [1.29, 1.82) is 0 Å². The number of ketones is 2. The van der Waals surface area contributed by atoms with Crippen molar-refractivity contribution in [2.24, 2.45) is 0 Å². The first kappa shape index (κ1) is 16.7. The normalized spacial score (nSPS) is 15.5. The lowest BCUT2D eigenvalue weighted by Crippen LogP contribution is -2.17. The van der Waals surface area contributed by atoms with Crippen LogP contribution in [-0.2, 0) is 9.59 Å². The SMILES string of the molecule is O=C1C=C/C(=C/c2c(-c3ccccc3)[nH]n(-c3ccccc3)c2=O)CC1=O. The molecule has 1 aromatic heterocycles. The molecule has 5 nitrogen and oxygen atoms in total. The molecule has 2 aromatic carbocycles. The van der Waals surface area contributed by atoms with Crippen molar-refractivity contribution in [3.05, 3.63) is 94.3 Å². The van der Waals surface area contributed by atoms with Crippen molar-refractivity contribution in [2.45, 2.75) is 6.42 Å². The third-order valence-corrected chi connectivity index (χ3v) is 4.42. The summed E-state index contributed by atoms with van der Waals surface area (Å²) in [5.41, 5.74) is 3.10. The molecule has 0 saturated carbocycles. The van der Waals surface area contributed by atoms with Crippen LogP contribution in [0, 0.1) is 0 Å². The van der Waals surface area contributed by atoms with Crippen molar-refractivity contribution in [1.82, 2.24) is 9.78 Å². The van der Waals surface area contributed by atoms with Gasteiger partial charge in [-0.15, -0.1) is 0 Å². The molecule has 5 heteroatoms. The highest BCUT2D eigenvalue weighted by atomic mass is 16.2. The van der Waals surface area contributed by atoms with Crippen LogP contribution in [0.25, 0.3) is 23.0 Å². The van der Waals surface area contributed by atoms with Gasteiger partial charge in [-0.1, -0.05) is 54.6 Å². The molecule has 1 N–H and O–H groups in total. The molecule has 1 aliphatic rings. The maximum Gasteiger partial charge on any atom is 0.279 e. The first-order valence-electron chi connectivity index (χ1n) is 8.55. The Morgan fingerprint density at radius 2 is 1.52 bits per heavy atom. The summed E-state index contributed by atoms with van der Waals surface area (Å²) in [5, 5.41) is 3.18. The summed E-state index contributed by atoms with van der Waals surface area (Å²) in [7, 11) is 0. The van der Waals surface area contributed by atoms with Gasteiger partial charge in [0.05, 0.1) is 16.9 Å². The molecule has 0 aliphatic heterocycles. The second kappa shape index (κ2) is 6.88. The smallest absolute Gasteiger partial charge is 0.279 e. The van der Waals surface area contributed by atoms with E-state index in [9.17, 15) is 14.4 Å². The van der Waals surface area contributed by atoms with Gasteiger partial charge in [0.15, 0.2) is 0 Å². The molecule has 27 heavy (non-hydrogen) atoms. The topological polar surface area (TPSA) is 71.9 Å². The number of H-pyrrole nitrogens is 1. The molecule has 4 rings (SSSR count). The average Bonchev–Trinajstić information content (AvgIpc) is 3.02. The Morgan fingerprint density at radius 3 is 2.19 bits per heavy atom. The number of para-hydroxylation sites is 1. The first-order valence-corrected chi connectivity index (χ1v) is 8.55. The zero-order valence-corrected chi connectivity index (χ0v) is 14.4. The number of carbonyl (C=O) groups excluding carboxylic acids is 2. The summed E-state index contributed by atoms with van der Waals surface area (Å²) < 4.78 is 1.48. The van der Waals surface area contributed by atoms with E-state index in [-0.39, 0.29) is 12.0 Å². The maximum absolute atomic E-state index is 13.1. The Balaban J connectivity index is 1.91. The molecular weight excluding hydrogens is 340 g/mol. The summed E-state index contributed by atoms with van der Waals surface area (Å²) in [4.78, 5) is 36.2. The summed E-state index contributed by atoms with van der Waals surface area (Å²) in [6, 6.07) is 18.8. The van der Waals surface area contributed by atoms with E-state index < -0.39 is 11.6 Å². The fourth-order valence-electron chi connectivity index (χ4n) is 3.06.